The predicted molar refractivity (Wildman–Crippen MR) is 124 cm³/mol. The summed E-state index contributed by atoms with van der Waals surface area (Å²) in [5, 5.41) is 2.94. The second-order valence-corrected chi connectivity index (χ2v) is 10.4. The Kier molecular flexibility index (Phi) is 6.62. The van der Waals surface area contributed by atoms with Gasteiger partial charge < -0.3 is 10.2 Å². The van der Waals surface area contributed by atoms with Gasteiger partial charge in [-0.05, 0) is 74.9 Å². The van der Waals surface area contributed by atoms with E-state index in [0.717, 1.165) is 38.0 Å². The number of amides is 1. The fourth-order valence-corrected chi connectivity index (χ4v) is 6.17. The van der Waals surface area contributed by atoms with Crippen LogP contribution in [0.2, 0.25) is 0 Å². The molecule has 4 rings (SSSR count). The van der Waals surface area contributed by atoms with E-state index in [9.17, 15) is 13.2 Å². The maximum absolute atomic E-state index is 13.1. The van der Waals surface area contributed by atoms with E-state index < -0.39 is 10.0 Å². The third-order valence-corrected chi connectivity index (χ3v) is 8.25. The van der Waals surface area contributed by atoms with Gasteiger partial charge in [0.2, 0.25) is 10.0 Å². The monoisotopic (exact) mass is 441 g/mol. The van der Waals surface area contributed by atoms with Crippen molar-refractivity contribution in [2.45, 2.75) is 50.3 Å². The molecule has 6 nitrogen and oxygen atoms in total. The van der Waals surface area contributed by atoms with E-state index in [0.29, 0.717) is 29.9 Å². The summed E-state index contributed by atoms with van der Waals surface area (Å²) in [6.07, 6.45) is 6.47. The van der Waals surface area contributed by atoms with E-state index in [-0.39, 0.29) is 10.8 Å². The maximum Gasteiger partial charge on any atom is 0.255 e. The van der Waals surface area contributed by atoms with Gasteiger partial charge >= 0.3 is 0 Å². The Morgan fingerprint density at radius 2 is 1.55 bits per heavy atom. The summed E-state index contributed by atoms with van der Waals surface area (Å²) in [6, 6.07) is 12.8. The number of piperidine rings is 2. The Hall–Kier alpha value is -2.38. The highest BCUT2D eigenvalue weighted by atomic mass is 32.2. The predicted octanol–water partition coefficient (Wildman–Crippen LogP) is 4.41. The van der Waals surface area contributed by atoms with Crippen LogP contribution in [0.15, 0.2) is 47.4 Å². The van der Waals surface area contributed by atoms with Gasteiger partial charge in [0.15, 0.2) is 0 Å². The minimum absolute atomic E-state index is 0.226. The Morgan fingerprint density at radius 1 is 0.871 bits per heavy atom. The van der Waals surface area contributed by atoms with Crippen LogP contribution in [-0.2, 0) is 10.0 Å². The normalized spacial score (nSPS) is 18.0. The fraction of sp³-hybridized carbons (Fsp3) is 0.458. The van der Waals surface area contributed by atoms with Crippen LogP contribution >= 0.6 is 0 Å². The van der Waals surface area contributed by atoms with Crippen molar-refractivity contribution in [1.29, 1.82) is 0 Å². The maximum atomic E-state index is 13.1. The van der Waals surface area contributed by atoms with Gasteiger partial charge in [0.25, 0.3) is 5.91 Å². The van der Waals surface area contributed by atoms with Crippen LogP contribution in [0.3, 0.4) is 0 Å². The summed E-state index contributed by atoms with van der Waals surface area (Å²) in [7, 11) is -3.60. The molecule has 0 saturated carbocycles. The van der Waals surface area contributed by atoms with Crippen LogP contribution in [0.4, 0.5) is 11.4 Å². The number of anilines is 2. The highest BCUT2D eigenvalue weighted by Crippen LogP contribution is 2.26. The molecular formula is C24H31N3O3S. The number of sulfonamides is 1. The summed E-state index contributed by atoms with van der Waals surface area (Å²) < 4.78 is 27.8. The number of carbonyl (C=O) groups is 1. The largest absolute Gasteiger partial charge is 0.371 e. The van der Waals surface area contributed by atoms with E-state index in [1.807, 2.05) is 18.2 Å². The number of benzene rings is 2. The van der Waals surface area contributed by atoms with Crippen LogP contribution in [0, 0.1) is 6.92 Å². The molecule has 0 aromatic heterocycles. The van der Waals surface area contributed by atoms with Crippen molar-refractivity contribution in [3.8, 4) is 0 Å². The van der Waals surface area contributed by atoms with Gasteiger partial charge in [-0.2, -0.15) is 4.31 Å². The van der Waals surface area contributed by atoms with E-state index in [1.165, 1.54) is 25.3 Å². The smallest absolute Gasteiger partial charge is 0.255 e. The van der Waals surface area contributed by atoms with Gasteiger partial charge in [-0.25, -0.2) is 8.42 Å². The highest BCUT2D eigenvalue weighted by Gasteiger charge is 2.28. The number of aryl methyl sites for hydroxylation is 1. The Balaban J connectivity index is 1.54. The number of nitrogens with one attached hydrogen (secondary N) is 1. The third-order valence-electron chi connectivity index (χ3n) is 6.21. The van der Waals surface area contributed by atoms with Crippen LogP contribution in [0.25, 0.3) is 0 Å². The lowest BCUT2D eigenvalue weighted by molar-refractivity contribution is 0.102. The minimum atomic E-state index is -3.60. The molecule has 2 saturated heterocycles. The van der Waals surface area contributed by atoms with Crippen LogP contribution in [0.5, 0.6) is 0 Å². The van der Waals surface area contributed by atoms with Gasteiger partial charge in [0.1, 0.15) is 0 Å². The van der Waals surface area contributed by atoms with Gasteiger partial charge in [-0.3, -0.25) is 4.79 Å². The molecule has 7 heteroatoms. The molecule has 1 amide bonds. The molecule has 2 aromatic carbocycles. The third kappa shape index (κ3) is 4.93. The van der Waals surface area contributed by atoms with Crippen LogP contribution in [-0.4, -0.2) is 44.8 Å². The number of hydrogen-bond donors (Lipinski definition) is 1. The van der Waals surface area contributed by atoms with Crippen molar-refractivity contribution >= 4 is 27.3 Å². The zero-order valence-electron chi connectivity index (χ0n) is 18.1. The van der Waals surface area contributed by atoms with Crippen molar-refractivity contribution in [2.24, 2.45) is 0 Å². The molecule has 2 fully saturated rings. The average molecular weight is 442 g/mol. The van der Waals surface area contributed by atoms with E-state index in [1.54, 1.807) is 23.4 Å². The van der Waals surface area contributed by atoms with Gasteiger partial charge in [0, 0.05) is 43.1 Å². The molecule has 0 aliphatic carbocycles. The summed E-state index contributed by atoms with van der Waals surface area (Å²) in [5.74, 6) is -0.300. The van der Waals surface area contributed by atoms with Gasteiger partial charge in [-0.1, -0.05) is 18.6 Å². The summed E-state index contributed by atoms with van der Waals surface area (Å²) in [5.41, 5.74) is 2.84. The van der Waals surface area contributed by atoms with Crippen molar-refractivity contribution in [3.05, 3.63) is 53.6 Å². The second-order valence-electron chi connectivity index (χ2n) is 8.50. The van der Waals surface area contributed by atoms with Gasteiger partial charge in [0.05, 0.1) is 4.90 Å². The molecule has 2 aromatic rings. The number of nitrogens with zero attached hydrogens (tertiary/aromatic N) is 2. The molecule has 0 bridgehead atoms. The second kappa shape index (κ2) is 9.40. The standard InChI is InChI=1S/C24H31N3O3S/c1-19-11-12-20(17-23(19)31(29,30)27-15-6-3-7-16-27)24(28)25-21-9-8-10-22(18-21)26-13-4-2-5-14-26/h8-12,17-18H,2-7,13-16H2,1H3,(H,25,28). The first kappa shape index (κ1) is 21.8. The van der Waals surface area contributed by atoms with E-state index in [2.05, 4.69) is 16.3 Å². The number of rotatable bonds is 5. The lowest BCUT2D eigenvalue weighted by Gasteiger charge is -2.29. The summed E-state index contributed by atoms with van der Waals surface area (Å²) in [6.45, 7) is 4.93. The Morgan fingerprint density at radius 3 is 2.26 bits per heavy atom. The van der Waals surface area contributed by atoms with Crippen molar-refractivity contribution in [1.82, 2.24) is 4.31 Å². The lowest BCUT2D eigenvalue weighted by Crippen LogP contribution is -2.36. The molecule has 166 valence electrons. The van der Waals surface area contributed by atoms with E-state index >= 15 is 0 Å². The van der Waals surface area contributed by atoms with Gasteiger partial charge in [-0.15, -0.1) is 0 Å². The summed E-state index contributed by atoms with van der Waals surface area (Å²) in [4.78, 5) is 15.5. The first-order chi connectivity index (χ1) is 14.9. The molecule has 2 aliphatic rings. The minimum Gasteiger partial charge on any atom is -0.371 e. The molecule has 0 unspecified atom stereocenters. The molecule has 0 radical (unpaired) electrons. The average Bonchev–Trinajstić information content (AvgIpc) is 2.80. The summed E-state index contributed by atoms with van der Waals surface area (Å²) >= 11 is 0. The molecule has 0 atom stereocenters. The van der Waals surface area contributed by atoms with Crippen LogP contribution in [0.1, 0.15) is 54.4 Å². The fourth-order valence-electron chi connectivity index (χ4n) is 4.40. The topological polar surface area (TPSA) is 69.7 Å². The number of carbonyl (C=O) groups excluding carboxylic acids is 1. The molecule has 2 heterocycles. The number of hydrogen-bond acceptors (Lipinski definition) is 4. The van der Waals surface area contributed by atoms with Crippen LogP contribution < -0.4 is 10.2 Å². The zero-order valence-corrected chi connectivity index (χ0v) is 19.0. The van der Waals surface area contributed by atoms with Crippen molar-refractivity contribution < 1.29 is 13.2 Å². The van der Waals surface area contributed by atoms with Crippen molar-refractivity contribution in [3.63, 3.8) is 0 Å². The SMILES string of the molecule is Cc1ccc(C(=O)Nc2cccc(N3CCCCC3)c2)cc1S(=O)(=O)N1CCCCC1. The lowest BCUT2D eigenvalue weighted by atomic mass is 10.1. The zero-order chi connectivity index (χ0) is 21.8. The van der Waals surface area contributed by atoms with E-state index in [4.69, 9.17) is 0 Å². The Labute approximate surface area is 185 Å². The first-order valence-electron chi connectivity index (χ1n) is 11.2. The Bertz CT molecular complexity index is 1040. The molecule has 0 spiro atoms. The molecule has 2 aliphatic heterocycles. The quantitative estimate of drug-likeness (QED) is 0.746. The molecule has 1 N–H and O–H groups in total. The first-order valence-corrected chi connectivity index (χ1v) is 12.7. The molecular weight excluding hydrogens is 410 g/mol. The van der Waals surface area contributed by atoms with Crippen molar-refractivity contribution in [2.75, 3.05) is 36.4 Å². The highest BCUT2D eigenvalue weighted by molar-refractivity contribution is 7.89. The molecule has 31 heavy (non-hydrogen) atoms.